The van der Waals surface area contributed by atoms with Crippen LogP contribution in [0.25, 0.3) is 21.9 Å². The van der Waals surface area contributed by atoms with Crippen LogP contribution in [-0.4, -0.2) is 47.7 Å². The van der Waals surface area contributed by atoms with Gasteiger partial charge in [0.2, 0.25) is 0 Å². The number of carbonyl (C=O) groups excluding carboxylic acids is 2. The van der Waals surface area contributed by atoms with Crippen LogP contribution >= 0.6 is 0 Å². The van der Waals surface area contributed by atoms with E-state index >= 15 is 0 Å². The summed E-state index contributed by atoms with van der Waals surface area (Å²) in [5, 5.41) is 7.30. The predicted molar refractivity (Wildman–Crippen MR) is 141 cm³/mol. The lowest BCUT2D eigenvalue weighted by Crippen LogP contribution is -2.28. The molecule has 3 aromatic carbocycles. The van der Waals surface area contributed by atoms with Crippen LogP contribution in [0.4, 0.5) is 16.2 Å². The summed E-state index contributed by atoms with van der Waals surface area (Å²) in [6, 6.07) is 16.0. The van der Waals surface area contributed by atoms with Crippen LogP contribution in [0.1, 0.15) is 31.1 Å². The molecule has 1 heterocycles. The van der Waals surface area contributed by atoms with Gasteiger partial charge in [0.1, 0.15) is 5.60 Å². The molecule has 1 aromatic heterocycles. The van der Waals surface area contributed by atoms with Crippen molar-refractivity contribution >= 4 is 45.2 Å². The zero-order chi connectivity index (χ0) is 26.0. The van der Waals surface area contributed by atoms with Crippen molar-refractivity contribution in [3.63, 3.8) is 0 Å². The molecular formula is C27H30N4O5. The molecule has 0 bridgehead atoms. The van der Waals surface area contributed by atoms with Crippen LogP contribution in [-0.2, 0) is 11.3 Å². The second-order valence-electron chi connectivity index (χ2n) is 9.83. The number of ether oxygens (including phenoxy) is 1. The lowest BCUT2D eigenvalue weighted by molar-refractivity contribution is 0.0636. The number of nitrogens with zero attached hydrogens (tertiary/aromatic N) is 2. The lowest BCUT2D eigenvalue weighted by Gasteiger charge is -2.20. The van der Waals surface area contributed by atoms with Gasteiger partial charge in [-0.25, -0.2) is 9.59 Å². The summed E-state index contributed by atoms with van der Waals surface area (Å²) in [5.74, 6) is -0.870. The monoisotopic (exact) mass is 490 g/mol. The molecule has 2 N–H and O–H groups in total. The largest absolute Gasteiger partial charge is 0.444 e. The van der Waals surface area contributed by atoms with Crippen molar-refractivity contribution in [2.75, 3.05) is 31.3 Å². The first-order valence-electron chi connectivity index (χ1n) is 11.6. The van der Waals surface area contributed by atoms with Crippen molar-refractivity contribution in [3.05, 3.63) is 70.7 Å². The molecule has 188 valence electrons. The molecule has 2 amide bonds. The molecule has 4 rings (SSSR count). The van der Waals surface area contributed by atoms with E-state index in [9.17, 15) is 14.4 Å². The number of amides is 2. The standard InChI is InChI=1S/C27H30N4O5/c1-27(2,3)36-25(33)29-21-15-18-9-7-6-8-17(18)14-20(21)24(32)28-19-10-11-23-22(16-19)31(26(34)35-23)13-12-30(4)5/h6-11,14-16H,12-13H2,1-5H3,(H,28,32)(H,29,33). The van der Waals surface area contributed by atoms with E-state index in [0.29, 0.717) is 35.6 Å². The normalized spacial score (nSPS) is 11.7. The molecule has 0 radical (unpaired) electrons. The van der Waals surface area contributed by atoms with Gasteiger partial charge in [-0.1, -0.05) is 24.3 Å². The molecule has 0 unspecified atom stereocenters. The molecule has 36 heavy (non-hydrogen) atoms. The average Bonchev–Trinajstić information content (AvgIpc) is 3.10. The molecule has 9 heteroatoms. The van der Waals surface area contributed by atoms with E-state index in [1.807, 2.05) is 43.3 Å². The summed E-state index contributed by atoms with van der Waals surface area (Å²) in [7, 11) is 3.84. The van der Waals surface area contributed by atoms with Crippen LogP contribution in [0.5, 0.6) is 0 Å². The van der Waals surface area contributed by atoms with Crippen molar-refractivity contribution < 1.29 is 18.7 Å². The van der Waals surface area contributed by atoms with E-state index in [-0.39, 0.29) is 5.56 Å². The van der Waals surface area contributed by atoms with E-state index in [2.05, 4.69) is 10.6 Å². The fourth-order valence-electron chi connectivity index (χ4n) is 3.80. The second kappa shape index (κ2) is 9.87. The highest BCUT2D eigenvalue weighted by Gasteiger charge is 2.20. The second-order valence-corrected chi connectivity index (χ2v) is 9.83. The Morgan fingerprint density at radius 2 is 1.69 bits per heavy atom. The van der Waals surface area contributed by atoms with Crippen LogP contribution in [0, 0.1) is 0 Å². The number of hydrogen-bond acceptors (Lipinski definition) is 6. The Bertz CT molecular complexity index is 1490. The highest BCUT2D eigenvalue weighted by atomic mass is 16.6. The van der Waals surface area contributed by atoms with Gasteiger partial charge in [0.05, 0.1) is 16.8 Å². The van der Waals surface area contributed by atoms with E-state index in [1.165, 1.54) is 4.57 Å². The minimum absolute atomic E-state index is 0.275. The minimum atomic E-state index is -0.689. The topological polar surface area (TPSA) is 106 Å². The Hall–Kier alpha value is -4.11. The molecule has 0 saturated carbocycles. The first-order chi connectivity index (χ1) is 17.0. The highest BCUT2D eigenvalue weighted by molar-refractivity contribution is 6.12. The van der Waals surface area contributed by atoms with Crippen LogP contribution in [0.15, 0.2) is 63.8 Å². The van der Waals surface area contributed by atoms with Crippen molar-refractivity contribution in [2.24, 2.45) is 0 Å². The fourth-order valence-corrected chi connectivity index (χ4v) is 3.80. The Morgan fingerprint density at radius 1 is 1.00 bits per heavy atom. The maximum Gasteiger partial charge on any atom is 0.419 e. The minimum Gasteiger partial charge on any atom is -0.444 e. The first-order valence-corrected chi connectivity index (χ1v) is 11.6. The number of anilines is 2. The third-order valence-electron chi connectivity index (χ3n) is 5.46. The smallest absolute Gasteiger partial charge is 0.419 e. The summed E-state index contributed by atoms with van der Waals surface area (Å²) >= 11 is 0. The van der Waals surface area contributed by atoms with E-state index < -0.39 is 23.4 Å². The van der Waals surface area contributed by atoms with Crippen molar-refractivity contribution in [2.45, 2.75) is 32.9 Å². The number of nitrogens with one attached hydrogen (secondary N) is 2. The first kappa shape index (κ1) is 25.0. The highest BCUT2D eigenvalue weighted by Crippen LogP contribution is 2.27. The molecule has 0 saturated heterocycles. The average molecular weight is 491 g/mol. The van der Waals surface area contributed by atoms with E-state index in [4.69, 9.17) is 9.15 Å². The molecule has 9 nitrogen and oxygen atoms in total. The molecule has 0 aliphatic heterocycles. The van der Waals surface area contributed by atoms with Gasteiger partial charge in [-0.15, -0.1) is 0 Å². The summed E-state index contributed by atoms with van der Waals surface area (Å²) in [6.07, 6.45) is -0.656. The number of fused-ring (bicyclic) bond motifs is 2. The summed E-state index contributed by atoms with van der Waals surface area (Å²) in [5.41, 5.74) is 1.43. The van der Waals surface area contributed by atoms with E-state index in [0.717, 1.165) is 10.8 Å². The number of rotatable bonds is 6. The SMILES string of the molecule is CN(C)CCn1c(=O)oc2ccc(NC(=O)c3cc4ccccc4cc3NC(=O)OC(C)(C)C)cc21. The Labute approximate surface area is 208 Å². The van der Waals surface area contributed by atoms with Gasteiger partial charge in [0, 0.05) is 18.8 Å². The quantitative estimate of drug-likeness (QED) is 0.398. The van der Waals surface area contributed by atoms with Crippen LogP contribution < -0.4 is 16.4 Å². The van der Waals surface area contributed by atoms with Crippen LogP contribution in [0.3, 0.4) is 0 Å². The maximum absolute atomic E-state index is 13.4. The summed E-state index contributed by atoms with van der Waals surface area (Å²) in [4.78, 5) is 40.1. The van der Waals surface area contributed by atoms with Crippen molar-refractivity contribution in [3.8, 4) is 0 Å². The maximum atomic E-state index is 13.4. The number of oxazole rings is 1. The Kier molecular flexibility index (Phi) is 6.85. The molecule has 0 aliphatic rings. The van der Waals surface area contributed by atoms with Gasteiger partial charge in [0.25, 0.3) is 5.91 Å². The van der Waals surface area contributed by atoms with Gasteiger partial charge in [-0.2, -0.15) is 0 Å². The Balaban J connectivity index is 1.67. The third-order valence-corrected chi connectivity index (χ3v) is 5.46. The van der Waals surface area contributed by atoms with E-state index in [1.54, 1.807) is 51.1 Å². The van der Waals surface area contributed by atoms with Gasteiger partial charge in [-0.3, -0.25) is 14.7 Å². The third kappa shape index (κ3) is 5.75. The molecule has 0 spiro atoms. The molecule has 0 fully saturated rings. The molecule has 4 aromatic rings. The molecule has 0 aliphatic carbocycles. The van der Waals surface area contributed by atoms with Gasteiger partial charge in [0.15, 0.2) is 5.58 Å². The number of hydrogen-bond donors (Lipinski definition) is 2. The van der Waals surface area contributed by atoms with Crippen LogP contribution in [0.2, 0.25) is 0 Å². The fraction of sp³-hybridized carbons (Fsp3) is 0.296. The summed E-state index contributed by atoms with van der Waals surface area (Å²) in [6.45, 7) is 6.41. The van der Waals surface area contributed by atoms with Gasteiger partial charge < -0.3 is 19.4 Å². The number of aromatic nitrogens is 1. The zero-order valence-electron chi connectivity index (χ0n) is 21.0. The Morgan fingerprint density at radius 3 is 2.36 bits per heavy atom. The van der Waals surface area contributed by atoms with Crippen molar-refractivity contribution in [1.29, 1.82) is 0 Å². The summed E-state index contributed by atoms with van der Waals surface area (Å²) < 4.78 is 12.3. The number of benzene rings is 3. The van der Waals surface area contributed by atoms with Gasteiger partial charge in [-0.05, 0) is 76.0 Å². The van der Waals surface area contributed by atoms with Crippen molar-refractivity contribution in [1.82, 2.24) is 9.47 Å². The predicted octanol–water partition coefficient (Wildman–Crippen LogP) is 4.91. The lowest BCUT2D eigenvalue weighted by atomic mass is 10.0. The van der Waals surface area contributed by atoms with Gasteiger partial charge >= 0.3 is 11.8 Å². The number of carbonyl (C=O) groups is 2. The zero-order valence-corrected chi connectivity index (χ0v) is 21.0. The molecular weight excluding hydrogens is 460 g/mol. The molecule has 0 atom stereocenters. The number of likely N-dealkylation sites (N-methyl/N-ethyl adjacent to an activating group) is 1.